The van der Waals surface area contributed by atoms with Crippen molar-refractivity contribution in [1.29, 1.82) is 0 Å². The van der Waals surface area contributed by atoms with E-state index >= 15 is 0 Å². The average Bonchev–Trinajstić information content (AvgIpc) is 2.17. The molecule has 0 unspecified atom stereocenters. The van der Waals surface area contributed by atoms with E-state index in [0.717, 1.165) is 23.6 Å². The highest BCUT2D eigenvalue weighted by atomic mass is 16.5. The molecule has 0 aliphatic carbocycles. The van der Waals surface area contributed by atoms with Gasteiger partial charge in [0.15, 0.2) is 0 Å². The molecule has 0 amide bonds. The zero-order chi connectivity index (χ0) is 11.1. The second-order valence-electron chi connectivity index (χ2n) is 3.60. The molecule has 0 atom stereocenters. The van der Waals surface area contributed by atoms with Gasteiger partial charge in [-0.3, -0.25) is 0 Å². The van der Waals surface area contributed by atoms with Crippen molar-refractivity contribution in [1.82, 2.24) is 4.98 Å². The van der Waals surface area contributed by atoms with Gasteiger partial charge in [-0.25, -0.2) is 4.98 Å². The Balaban J connectivity index is 2.17. The molecule has 0 aliphatic heterocycles. The lowest BCUT2D eigenvalue weighted by atomic mass is 10.4. The summed E-state index contributed by atoms with van der Waals surface area (Å²) in [6.45, 7) is 9.76. The maximum atomic E-state index is 5.36. The highest BCUT2D eigenvalue weighted by molar-refractivity contribution is 5.34. The number of pyridine rings is 1. The molecule has 3 heteroatoms. The van der Waals surface area contributed by atoms with Crippen LogP contribution < -0.4 is 5.32 Å². The van der Waals surface area contributed by atoms with E-state index in [1.807, 2.05) is 32.0 Å². The molecule has 15 heavy (non-hydrogen) atoms. The second kappa shape index (κ2) is 6.19. The molecule has 1 N–H and O–H groups in total. The predicted molar refractivity (Wildman–Crippen MR) is 63.1 cm³/mol. The zero-order valence-electron chi connectivity index (χ0n) is 9.42. The van der Waals surface area contributed by atoms with Gasteiger partial charge < -0.3 is 10.1 Å². The lowest BCUT2D eigenvalue weighted by molar-refractivity contribution is 0.167. The van der Waals surface area contributed by atoms with Gasteiger partial charge in [0.05, 0.1) is 13.2 Å². The Kier molecular flexibility index (Phi) is 4.84. The van der Waals surface area contributed by atoms with Crippen LogP contribution in [0.4, 0.5) is 5.82 Å². The number of rotatable bonds is 6. The van der Waals surface area contributed by atoms with E-state index in [1.54, 1.807) is 0 Å². The van der Waals surface area contributed by atoms with Gasteiger partial charge in [-0.05, 0) is 26.0 Å². The summed E-state index contributed by atoms with van der Waals surface area (Å²) in [4.78, 5) is 4.32. The lowest BCUT2D eigenvalue weighted by Crippen LogP contribution is -2.11. The summed E-state index contributed by atoms with van der Waals surface area (Å²) >= 11 is 0. The number of hydrogen-bond acceptors (Lipinski definition) is 3. The van der Waals surface area contributed by atoms with Crippen LogP contribution in [0.3, 0.4) is 0 Å². The van der Waals surface area contributed by atoms with Crippen LogP contribution in [0.25, 0.3) is 0 Å². The number of hydrogen-bond donors (Lipinski definition) is 1. The molecule has 0 saturated heterocycles. The quantitative estimate of drug-likeness (QED) is 0.573. The summed E-state index contributed by atoms with van der Waals surface area (Å²) < 4.78 is 5.36. The molecule has 3 nitrogen and oxygen atoms in total. The summed E-state index contributed by atoms with van der Waals surface area (Å²) in [6.07, 6.45) is 0. The third kappa shape index (κ3) is 5.18. The van der Waals surface area contributed by atoms with Crippen LogP contribution in [0.5, 0.6) is 0 Å². The van der Waals surface area contributed by atoms with E-state index in [1.165, 1.54) is 0 Å². The first kappa shape index (κ1) is 11.7. The van der Waals surface area contributed by atoms with Gasteiger partial charge in [0.25, 0.3) is 0 Å². The van der Waals surface area contributed by atoms with Crippen molar-refractivity contribution >= 4 is 5.82 Å². The van der Waals surface area contributed by atoms with Crippen molar-refractivity contribution in [3.8, 4) is 0 Å². The van der Waals surface area contributed by atoms with E-state index in [0.29, 0.717) is 13.2 Å². The van der Waals surface area contributed by atoms with Crippen LogP contribution in [-0.2, 0) is 4.74 Å². The van der Waals surface area contributed by atoms with Crippen molar-refractivity contribution in [2.45, 2.75) is 13.8 Å². The summed E-state index contributed by atoms with van der Waals surface area (Å²) in [7, 11) is 0. The molecular weight excluding hydrogens is 188 g/mol. The van der Waals surface area contributed by atoms with Gasteiger partial charge in [0.1, 0.15) is 5.82 Å². The topological polar surface area (TPSA) is 34.1 Å². The molecule has 0 fully saturated rings. The molecular formula is C12H18N2O. The SMILES string of the molecule is C=C(C)COCCNc1cccc(C)n1. The van der Waals surface area contributed by atoms with Gasteiger partial charge >= 0.3 is 0 Å². The molecule has 0 saturated carbocycles. The Morgan fingerprint density at radius 3 is 3.00 bits per heavy atom. The molecule has 0 spiro atoms. The van der Waals surface area contributed by atoms with Crippen molar-refractivity contribution in [2.24, 2.45) is 0 Å². The molecule has 0 bridgehead atoms. The van der Waals surface area contributed by atoms with Crippen LogP contribution >= 0.6 is 0 Å². The van der Waals surface area contributed by atoms with Crippen molar-refractivity contribution in [2.75, 3.05) is 25.1 Å². The van der Waals surface area contributed by atoms with Gasteiger partial charge in [-0.1, -0.05) is 18.2 Å². The Morgan fingerprint density at radius 2 is 2.33 bits per heavy atom. The van der Waals surface area contributed by atoms with E-state index in [-0.39, 0.29) is 0 Å². The van der Waals surface area contributed by atoms with Gasteiger partial charge in [0, 0.05) is 12.2 Å². The van der Waals surface area contributed by atoms with Crippen molar-refractivity contribution in [3.63, 3.8) is 0 Å². The summed E-state index contributed by atoms with van der Waals surface area (Å²) in [5.41, 5.74) is 2.06. The van der Waals surface area contributed by atoms with Crippen LogP contribution in [-0.4, -0.2) is 24.7 Å². The standard InChI is InChI=1S/C12H18N2O/c1-10(2)9-15-8-7-13-12-6-4-5-11(3)14-12/h4-6H,1,7-9H2,2-3H3,(H,13,14). The van der Waals surface area contributed by atoms with Crippen molar-refractivity contribution < 1.29 is 4.74 Å². The number of nitrogens with zero attached hydrogens (tertiary/aromatic N) is 1. The molecule has 1 aromatic heterocycles. The fraction of sp³-hybridized carbons (Fsp3) is 0.417. The van der Waals surface area contributed by atoms with E-state index < -0.39 is 0 Å². The number of anilines is 1. The molecule has 0 aliphatic rings. The molecule has 1 aromatic rings. The van der Waals surface area contributed by atoms with Gasteiger partial charge in [-0.15, -0.1) is 0 Å². The highest BCUT2D eigenvalue weighted by Gasteiger charge is 1.93. The third-order valence-electron chi connectivity index (χ3n) is 1.79. The van der Waals surface area contributed by atoms with E-state index in [2.05, 4.69) is 16.9 Å². The third-order valence-corrected chi connectivity index (χ3v) is 1.79. The van der Waals surface area contributed by atoms with Crippen LogP contribution in [0.2, 0.25) is 0 Å². The number of nitrogens with one attached hydrogen (secondary N) is 1. The van der Waals surface area contributed by atoms with E-state index in [4.69, 9.17) is 4.74 Å². The first-order valence-corrected chi connectivity index (χ1v) is 5.08. The number of aromatic nitrogens is 1. The normalized spacial score (nSPS) is 10.0. The molecule has 0 aromatic carbocycles. The summed E-state index contributed by atoms with van der Waals surface area (Å²) in [6, 6.07) is 5.91. The summed E-state index contributed by atoms with van der Waals surface area (Å²) in [5.74, 6) is 0.897. The zero-order valence-corrected chi connectivity index (χ0v) is 9.42. The fourth-order valence-electron chi connectivity index (χ4n) is 1.14. The minimum atomic E-state index is 0.628. The Bertz CT molecular complexity index is 323. The Hall–Kier alpha value is -1.35. The molecule has 82 valence electrons. The molecule has 1 heterocycles. The lowest BCUT2D eigenvalue weighted by Gasteiger charge is -2.06. The molecule has 0 radical (unpaired) electrons. The van der Waals surface area contributed by atoms with Gasteiger partial charge in [-0.2, -0.15) is 0 Å². The number of ether oxygens (including phenoxy) is 1. The maximum absolute atomic E-state index is 5.36. The van der Waals surface area contributed by atoms with Crippen molar-refractivity contribution in [3.05, 3.63) is 36.0 Å². The highest BCUT2D eigenvalue weighted by Crippen LogP contribution is 2.02. The first-order valence-electron chi connectivity index (χ1n) is 5.08. The monoisotopic (exact) mass is 206 g/mol. The predicted octanol–water partition coefficient (Wildman–Crippen LogP) is 2.39. The Morgan fingerprint density at radius 1 is 1.53 bits per heavy atom. The maximum Gasteiger partial charge on any atom is 0.126 e. The van der Waals surface area contributed by atoms with Gasteiger partial charge in [0.2, 0.25) is 0 Å². The average molecular weight is 206 g/mol. The van der Waals surface area contributed by atoms with Crippen LogP contribution in [0.15, 0.2) is 30.4 Å². The minimum absolute atomic E-state index is 0.628. The summed E-state index contributed by atoms with van der Waals surface area (Å²) in [5, 5.41) is 3.19. The first-order chi connectivity index (χ1) is 7.18. The molecule has 1 rings (SSSR count). The van der Waals surface area contributed by atoms with Crippen LogP contribution in [0, 0.1) is 6.92 Å². The Labute approximate surface area is 91.2 Å². The van der Waals surface area contributed by atoms with E-state index in [9.17, 15) is 0 Å². The number of aryl methyl sites for hydroxylation is 1. The second-order valence-corrected chi connectivity index (χ2v) is 3.60. The smallest absolute Gasteiger partial charge is 0.126 e. The minimum Gasteiger partial charge on any atom is -0.375 e. The van der Waals surface area contributed by atoms with Crippen LogP contribution in [0.1, 0.15) is 12.6 Å². The largest absolute Gasteiger partial charge is 0.375 e. The fourth-order valence-corrected chi connectivity index (χ4v) is 1.14.